The molecule has 0 bridgehead atoms. The molecule has 5 nitrogen and oxygen atoms in total. The SMILES string of the molecule is C=C(Nc1ccc(F)cc1C(=C)Nc1ccc(Cl)cn1)c1ccc(S(C)=O)cc1CCCN. The van der Waals surface area contributed by atoms with Gasteiger partial charge in [-0.15, -0.1) is 0 Å². The monoisotopic (exact) mass is 484 g/mol. The normalized spacial score (nSPS) is 11.6. The molecular formula is C25H26ClFN4OS. The summed E-state index contributed by atoms with van der Waals surface area (Å²) in [5.74, 6) is 0.136. The lowest BCUT2D eigenvalue weighted by molar-refractivity contribution is 0.627. The first-order valence-electron chi connectivity index (χ1n) is 10.3. The molecule has 2 aromatic carbocycles. The van der Waals surface area contributed by atoms with Gasteiger partial charge >= 0.3 is 0 Å². The van der Waals surface area contributed by atoms with Gasteiger partial charge in [0, 0.05) is 56.4 Å². The molecule has 0 saturated heterocycles. The summed E-state index contributed by atoms with van der Waals surface area (Å²) >= 11 is 5.89. The molecule has 0 amide bonds. The highest BCUT2D eigenvalue weighted by Crippen LogP contribution is 2.30. The van der Waals surface area contributed by atoms with Gasteiger partial charge in [-0.2, -0.15) is 0 Å². The average molecular weight is 485 g/mol. The molecule has 1 heterocycles. The van der Waals surface area contributed by atoms with Gasteiger partial charge in [0.2, 0.25) is 0 Å². The zero-order chi connectivity index (χ0) is 24.0. The summed E-state index contributed by atoms with van der Waals surface area (Å²) in [5, 5.41) is 6.87. The van der Waals surface area contributed by atoms with Crippen molar-refractivity contribution in [3.05, 3.63) is 95.4 Å². The molecular weight excluding hydrogens is 459 g/mol. The van der Waals surface area contributed by atoms with E-state index in [1.54, 1.807) is 24.5 Å². The van der Waals surface area contributed by atoms with Crippen molar-refractivity contribution in [2.45, 2.75) is 17.7 Å². The fourth-order valence-electron chi connectivity index (χ4n) is 3.32. The highest BCUT2D eigenvalue weighted by molar-refractivity contribution is 7.84. The maximum atomic E-state index is 14.1. The third-order valence-electron chi connectivity index (χ3n) is 4.98. The second kappa shape index (κ2) is 11.2. The molecule has 0 aliphatic heterocycles. The first kappa shape index (κ1) is 24.6. The number of aryl methyl sites for hydroxylation is 1. The molecule has 0 fully saturated rings. The molecule has 0 spiro atoms. The second-order valence-electron chi connectivity index (χ2n) is 7.42. The van der Waals surface area contributed by atoms with Crippen molar-refractivity contribution < 1.29 is 8.60 Å². The van der Waals surface area contributed by atoms with E-state index < -0.39 is 16.6 Å². The lowest BCUT2D eigenvalue weighted by Crippen LogP contribution is -2.08. The van der Waals surface area contributed by atoms with Crippen LogP contribution in [0.2, 0.25) is 5.02 Å². The molecule has 0 aliphatic carbocycles. The van der Waals surface area contributed by atoms with Crippen molar-refractivity contribution in [2.24, 2.45) is 5.73 Å². The topological polar surface area (TPSA) is 80.0 Å². The number of halogens is 2. The lowest BCUT2D eigenvalue weighted by Gasteiger charge is -2.19. The minimum absolute atomic E-state index is 0.397. The molecule has 1 aromatic heterocycles. The fourth-order valence-corrected chi connectivity index (χ4v) is 4.00. The van der Waals surface area contributed by atoms with Crippen LogP contribution in [0.4, 0.5) is 15.9 Å². The quantitative estimate of drug-likeness (QED) is 0.345. The number of rotatable bonds is 10. The summed E-state index contributed by atoms with van der Waals surface area (Å²) in [6.07, 6.45) is 4.67. The van der Waals surface area contributed by atoms with Crippen molar-refractivity contribution in [1.82, 2.24) is 4.98 Å². The van der Waals surface area contributed by atoms with Gasteiger partial charge in [0.05, 0.1) is 5.02 Å². The molecule has 33 heavy (non-hydrogen) atoms. The molecule has 4 N–H and O–H groups in total. The van der Waals surface area contributed by atoms with E-state index in [0.29, 0.717) is 40.0 Å². The largest absolute Gasteiger partial charge is 0.355 e. The second-order valence-corrected chi connectivity index (χ2v) is 9.24. The third-order valence-corrected chi connectivity index (χ3v) is 6.12. The van der Waals surface area contributed by atoms with Crippen LogP contribution in [0, 0.1) is 5.82 Å². The first-order chi connectivity index (χ1) is 15.8. The smallest absolute Gasteiger partial charge is 0.130 e. The molecule has 1 unspecified atom stereocenters. The Morgan fingerprint density at radius 3 is 2.52 bits per heavy atom. The molecule has 3 rings (SSSR count). The van der Waals surface area contributed by atoms with E-state index in [4.69, 9.17) is 17.3 Å². The molecule has 0 aliphatic rings. The van der Waals surface area contributed by atoms with Crippen LogP contribution in [0.15, 0.2) is 72.8 Å². The Bertz CT molecular complexity index is 1200. The Labute approximate surface area is 201 Å². The maximum Gasteiger partial charge on any atom is 0.130 e. The molecule has 3 aromatic rings. The van der Waals surface area contributed by atoms with Crippen molar-refractivity contribution in [3.8, 4) is 0 Å². The van der Waals surface area contributed by atoms with Crippen molar-refractivity contribution in [3.63, 3.8) is 0 Å². The van der Waals surface area contributed by atoms with E-state index in [9.17, 15) is 8.60 Å². The van der Waals surface area contributed by atoms with Crippen molar-refractivity contribution in [1.29, 1.82) is 0 Å². The number of nitrogens with zero attached hydrogens (tertiary/aromatic N) is 1. The summed E-state index contributed by atoms with van der Waals surface area (Å²) in [6.45, 7) is 8.78. The summed E-state index contributed by atoms with van der Waals surface area (Å²) in [5.41, 5.74) is 9.82. The molecule has 1 atom stereocenters. The van der Waals surface area contributed by atoms with E-state index in [-0.39, 0.29) is 0 Å². The average Bonchev–Trinajstić information content (AvgIpc) is 2.80. The Kier molecular flexibility index (Phi) is 8.38. The zero-order valence-corrected chi connectivity index (χ0v) is 19.9. The van der Waals surface area contributed by atoms with Gasteiger partial charge < -0.3 is 16.4 Å². The Balaban J connectivity index is 1.89. The van der Waals surface area contributed by atoms with Crippen LogP contribution >= 0.6 is 11.6 Å². The summed E-state index contributed by atoms with van der Waals surface area (Å²) < 4.78 is 26.0. The van der Waals surface area contributed by atoms with E-state index in [2.05, 4.69) is 28.8 Å². The number of hydrogen-bond donors (Lipinski definition) is 3. The highest BCUT2D eigenvalue weighted by Gasteiger charge is 2.13. The number of anilines is 2. The number of benzene rings is 2. The maximum absolute atomic E-state index is 14.1. The number of nitrogens with two attached hydrogens (primary N) is 1. The van der Waals surface area contributed by atoms with Gasteiger partial charge in [-0.1, -0.05) is 30.8 Å². The summed E-state index contributed by atoms with van der Waals surface area (Å²) in [6, 6.07) is 13.4. The van der Waals surface area contributed by atoms with Crippen LogP contribution in [-0.4, -0.2) is 22.0 Å². The first-order valence-corrected chi connectivity index (χ1v) is 12.2. The van der Waals surface area contributed by atoms with E-state index in [0.717, 1.165) is 28.9 Å². The van der Waals surface area contributed by atoms with Gasteiger partial charge in [0.1, 0.15) is 11.6 Å². The van der Waals surface area contributed by atoms with Crippen LogP contribution in [0.5, 0.6) is 0 Å². The minimum atomic E-state index is -1.09. The van der Waals surface area contributed by atoms with Crippen LogP contribution in [0.1, 0.15) is 23.1 Å². The lowest BCUT2D eigenvalue weighted by atomic mass is 10.00. The molecule has 0 saturated carbocycles. The van der Waals surface area contributed by atoms with E-state index in [1.807, 2.05) is 18.2 Å². The molecule has 8 heteroatoms. The zero-order valence-electron chi connectivity index (χ0n) is 18.3. The van der Waals surface area contributed by atoms with Gasteiger partial charge in [-0.25, -0.2) is 9.37 Å². The standard InChI is InChI=1S/C25H26ClFN4OS/c1-16(22-9-8-21(33(3)32)13-18(22)5-4-12-28)30-24-10-7-20(27)14-23(24)17(2)31-25-11-6-19(26)15-29-25/h6-11,13-15,30H,1-2,4-5,12,28H2,3H3,(H,29,31). The third kappa shape index (κ3) is 6.51. The molecule has 172 valence electrons. The Morgan fingerprint density at radius 2 is 1.85 bits per heavy atom. The number of pyridine rings is 1. The predicted octanol–water partition coefficient (Wildman–Crippen LogP) is 5.67. The van der Waals surface area contributed by atoms with Gasteiger partial charge in [-0.3, -0.25) is 4.21 Å². The Morgan fingerprint density at radius 1 is 1.09 bits per heavy atom. The summed E-state index contributed by atoms with van der Waals surface area (Å²) in [7, 11) is -1.09. The van der Waals surface area contributed by atoms with Gasteiger partial charge in [-0.05, 0) is 67.4 Å². The van der Waals surface area contributed by atoms with E-state index in [1.165, 1.54) is 18.3 Å². The van der Waals surface area contributed by atoms with Crippen LogP contribution in [-0.2, 0) is 17.2 Å². The fraction of sp³-hybridized carbons (Fsp3) is 0.160. The van der Waals surface area contributed by atoms with Crippen molar-refractivity contribution in [2.75, 3.05) is 23.4 Å². The number of nitrogens with one attached hydrogen (secondary N) is 2. The minimum Gasteiger partial charge on any atom is -0.355 e. The number of hydrogen-bond acceptors (Lipinski definition) is 5. The van der Waals surface area contributed by atoms with E-state index >= 15 is 0 Å². The van der Waals surface area contributed by atoms with Crippen LogP contribution in [0.25, 0.3) is 11.4 Å². The van der Waals surface area contributed by atoms with Crippen LogP contribution in [0.3, 0.4) is 0 Å². The summed E-state index contributed by atoms with van der Waals surface area (Å²) in [4.78, 5) is 4.94. The predicted molar refractivity (Wildman–Crippen MR) is 137 cm³/mol. The number of aromatic nitrogens is 1. The van der Waals surface area contributed by atoms with Gasteiger partial charge in [0.25, 0.3) is 0 Å². The Hall–Kier alpha value is -3.00. The van der Waals surface area contributed by atoms with Crippen LogP contribution < -0.4 is 16.4 Å². The highest BCUT2D eigenvalue weighted by atomic mass is 35.5. The molecule has 0 radical (unpaired) electrons. The van der Waals surface area contributed by atoms with Gasteiger partial charge in [0.15, 0.2) is 0 Å². The van der Waals surface area contributed by atoms with Crippen molar-refractivity contribution >= 4 is 45.3 Å².